The van der Waals surface area contributed by atoms with E-state index in [0.717, 1.165) is 44.5 Å². The smallest absolute Gasteiger partial charge is 0.128 e. The van der Waals surface area contributed by atoms with Crippen LogP contribution in [0.3, 0.4) is 0 Å². The van der Waals surface area contributed by atoms with Gasteiger partial charge in [-0.25, -0.2) is 0 Å². The van der Waals surface area contributed by atoms with Gasteiger partial charge in [0, 0.05) is 41.5 Å². The van der Waals surface area contributed by atoms with Crippen LogP contribution in [0.15, 0.2) is 73.3 Å². The summed E-state index contributed by atoms with van der Waals surface area (Å²) in [6.45, 7) is 0. The molecule has 4 nitrogen and oxygen atoms in total. The highest BCUT2D eigenvalue weighted by Crippen LogP contribution is 2.43. The van der Waals surface area contributed by atoms with Gasteiger partial charge in [-0.15, -0.1) is 0 Å². The SMILES string of the molecule is COc1ccc2c(-c3cccnc3)c(OC)cc(-c3cccnc3)c2c1. The number of rotatable bonds is 4. The third kappa shape index (κ3) is 2.75. The summed E-state index contributed by atoms with van der Waals surface area (Å²) in [7, 11) is 3.37. The number of nitrogens with zero attached hydrogens (tertiary/aromatic N) is 2. The lowest BCUT2D eigenvalue weighted by atomic mass is 9.92. The Morgan fingerprint density at radius 1 is 0.731 bits per heavy atom. The maximum absolute atomic E-state index is 5.75. The van der Waals surface area contributed by atoms with Gasteiger partial charge in [-0.3, -0.25) is 9.97 Å². The fourth-order valence-corrected chi connectivity index (χ4v) is 3.24. The van der Waals surface area contributed by atoms with E-state index in [4.69, 9.17) is 9.47 Å². The van der Waals surface area contributed by atoms with Gasteiger partial charge in [0.15, 0.2) is 0 Å². The van der Waals surface area contributed by atoms with E-state index in [0.29, 0.717) is 0 Å². The quantitative estimate of drug-likeness (QED) is 0.524. The zero-order valence-electron chi connectivity index (χ0n) is 14.6. The zero-order chi connectivity index (χ0) is 17.9. The summed E-state index contributed by atoms with van der Waals surface area (Å²) in [6.07, 6.45) is 7.25. The second-order valence-corrected chi connectivity index (χ2v) is 5.90. The Morgan fingerprint density at radius 2 is 1.46 bits per heavy atom. The van der Waals surface area contributed by atoms with Gasteiger partial charge >= 0.3 is 0 Å². The third-order valence-corrected chi connectivity index (χ3v) is 4.45. The van der Waals surface area contributed by atoms with Crippen molar-refractivity contribution in [2.24, 2.45) is 0 Å². The average molecular weight is 342 g/mol. The second-order valence-electron chi connectivity index (χ2n) is 5.90. The molecule has 0 aliphatic carbocycles. The van der Waals surface area contributed by atoms with Crippen LogP contribution in [0.5, 0.6) is 11.5 Å². The number of aromatic nitrogens is 2. The summed E-state index contributed by atoms with van der Waals surface area (Å²) < 4.78 is 11.2. The molecular formula is C22H18N2O2. The molecule has 4 rings (SSSR count). The Morgan fingerprint density at radius 3 is 2.08 bits per heavy atom. The first-order valence-corrected chi connectivity index (χ1v) is 8.31. The van der Waals surface area contributed by atoms with E-state index in [-0.39, 0.29) is 0 Å². The predicted octanol–water partition coefficient (Wildman–Crippen LogP) is 4.98. The molecule has 0 unspecified atom stereocenters. The van der Waals surface area contributed by atoms with E-state index >= 15 is 0 Å². The highest BCUT2D eigenvalue weighted by molar-refractivity contribution is 6.07. The van der Waals surface area contributed by atoms with E-state index in [2.05, 4.69) is 28.2 Å². The average Bonchev–Trinajstić information content (AvgIpc) is 2.73. The number of methoxy groups -OCH3 is 2. The van der Waals surface area contributed by atoms with Crippen LogP contribution in [0.25, 0.3) is 33.0 Å². The molecule has 0 radical (unpaired) electrons. The van der Waals surface area contributed by atoms with Crippen LogP contribution in [-0.2, 0) is 0 Å². The molecule has 0 amide bonds. The minimum absolute atomic E-state index is 0.800. The highest BCUT2D eigenvalue weighted by Gasteiger charge is 2.16. The van der Waals surface area contributed by atoms with Crippen molar-refractivity contribution >= 4 is 10.8 Å². The van der Waals surface area contributed by atoms with Gasteiger partial charge in [0.05, 0.1) is 14.2 Å². The molecule has 4 heteroatoms. The summed E-state index contributed by atoms with van der Waals surface area (Å²) in [5.41, 5.74) is 4.11. The van der Waals surface area contributed by atoms with E-state index in [1.165, 1.54) is 0 Å². The Balaban J connectivity index is 2.11. The summed E-state index contributed by atoms with van der Waals surface area (Å²) in [5.74, 6) is 1.61. The molecule has 2 heterocycles. The standard InChI is InChI=1S/C22H18N2O2/c1-25-17-7-8-18-20(11-17)19(15-5-3-9-23-13-15)12-21(26-2)22(18)16-6-4-10-24-14-16/h3-14H,1-2H3. The molecule has 0 fully saturated rings. The third-order valence-electron chi connectivity index (χ3n) is 4.45. The largest absolute Gasteiger partial charge is 0.497 e. The van der Waals surface area contributed by atoms with E-state index in [1.807, 2.05) is 42.7 Å². The lowest BCUT2D eigenvalue weighted by Gasteiger charge is -2.17. The first-order chi connectivity index (χ1) is 12.8. The maximum Gasteiger partial charge on any atom is 0.128 e. The van der Waals surface area contributed by atoms with Crippen molar-refractivity contribution in [1.82, 2.24) is 9.97 Å². The molecule has 0 saturated carbocycles. The van der Waals surface area contributed by atoms with Crippen molar-refractivity contribution in [2.75, 3.05) is 14.2 Å². The number of benzene rings is 2. The van der Waals surface area contributed by atoms with Crippen molar-refractivity contribution in [3.05, 3.63) is 73.3 Å². The van der Waals surface area contributed by atoms with Gasteiger partial charge in [-0.1, -0.05) is 12.1 Å². The molecule has 0 aliphatic rings. The molecular weight excluding hydrogens is 324 g/mol. The van der Waals surface area contributed by atoms with Crippen LogP contribution in [0, 0.1) is 0 Å². The van der Waals surface area contributed by atoms with Gasteiger partial charge in [-0.2, -0.15) is 0 Å². The molecule has 0 bridgehead atoms. The van der Waals surface area contributed by atoms with Crippen LogP contribution < -0.4 is 9.47 Å². The number of fused-ring (bicyclic) bond motifs is 1. The minimum atomic E-state index is 0.800. The maximum atomic E-state index is 5.75. The topological polar surface area (TPSA) is 44.2 Å². The van der Waals surface area contributed by atoms with E-state index < -0.39 is 0 Å². The van der Waals surface area contributed by atoms with Crippen LogP contribution in [0.1, 0.15) is 0 Å². The fraction of sp³-hybridized carbons (Fsp3) is 0.0909. The Kier molecular flexibility index (Phi) is 4.23. The first-order valence-electron chi connectivity index (χ1n) is 8.31. The Hall–Kier alpha value is -3.40. The van der Waals surface area contributed by atoms with Crippen molar-refractivity contribution in [3.8, 4) is 33.8 Å². The number of hydrogen-bond donors (Lipinski definition) is 0. The molecule has 0 aliphatic heterocycles. The van der Waals surface area contributed by atoms with Gasteiger partial charge in [0.1, 0.15) is 11.5 Å². The van der Waals surface area contributed by atoms with Crippen molar-refractivity contribution in [3.63, 3.8) is 0 Å². The molecule has 0 spiro atoms. The lowest BCUT2D eigenvalue weighted by molar-refractivity contribution is 0.415. The van der Waals surface area contributed by atoms with E-state index in [1.54, 1.807) is 26.6 Å². The summed E-state index contributed by atoms with van der Waals surface area (Å²) in [5, 5.41) is 2.16. The molecule has 0 atom stereocenters. The normalized spacial score (nSPS) is 10.7. The monoisotopic (exact) mass is 342 g/mol. The molecule has 2 aromatic carbocycles. The first kappa shape index (κ1) is 16.1. The van der Waals surface area contributed by atoms with Crippen LogP contribution >= 0.6 is 0 Å². The number of pyridine rings is 2. The van der Waals surface area contributed by atoms with Gasteiger partial charge in [0.25, 0.3) is 0 Å². The second kappa shape index (κ2) is 6.84. The Labute approximate surface area is 152 Å². The van der Waals surface area contributed by atoms with Gasteiger partial charge in [-0.05, 0) is 52.7 Å². The van der Waals surface area contributed by atoms with Crippen LogP contribution in [0.2, 0.25) is 0 Å². The summed E-state index contributed by atoms with van der Waals surface area (Å²) >= 11 is 0. The van der Waals surface area contributed by atoms with Gasteiger partial charge in [0.2, 0.25) is 0 Å². The van der Waals surface area contributed by atoms with Crippen LogP contribution in [-0.4, -0.2) is 24.2 Å². The minimum Gasteiger partial charge on any atom is -0.497 e. The van der Waals surface area contributed by atoms with Crippen molar-refractivity contribution < 1.29 is 9.47 Å². The van der Waals surface area contributed by atoms with Gasteiger partial charge < -0.3 is 9.47 Å². The molecule has 128 valence electrons. The van der Waals surface area contributed by atoms with Crippen molar-refractivity contribution in [2.45, 2.75) is 0 Å². The predicted molar refractivity (Wildman–Crippen MR) is 104 cm³/mol. The van der Waals surface area contributed by atoms with Crippen molar-refractivity contribution in [1.29, 1.82) is 0 Å². The molecule has 4 aromatic rings. The Bertz CT molecular complexity index is 1050. The zero-order valence-corrected chi connectivity index (χ0v) is 14.6. The van der Waals surface area contributed by atoms with E-state index in [9.17, 15) is 0 Å². The summed E-state index contributed by atoms with van der Waals surface area (Å²) in [6, 6.07) is 16.1. The fourth-order valence-electron chi connectivity index (χ4n) is 3.24. The highest BCUT2D eigenvalue weighted by atomic mass is 16.5. The molecule has 26 heavy (non-hydrogen) atoms. The molecule has 2 aromatic heterocycles. The number of hydrogen-bond acceptors (Lipinski definition) is 4. The molecule has 0 saturated heterocycles. The summed E-state index contributed by atoms with van der Waals surface area (Å²) in [4.78, 5) is 8.53. The number of ether oxygens (including phenoxy) is 2. The molecule has 0 N–H and O–H groups in total. The lowest BCUT2D eigenvalue weighted by Crippen LogP contribution is -1.94. The van der Waals surface area contributed by atoms with Crippen LogP contribution in [0.4, 0.5) is 0 Å².